The van der Waals surface area contributed by atoms with Crippen molar-refractivity contribution in [3.63, 3.8) is 0 Å². The SMILES string of the molecule is N#Cc1cccnc1Sc1nnc(N2CCOCC2)s1. The van der Waals surface area contributed by atoms with E-state index in [0.717, 1.165) is 35.8 Å². The highest BCUT2D eigenvalue weighted by molar-refractivity contribution is 8.01. The van der Waals surface area contributed by atoms with Gasteiger partial charge in [0.05, 0.1) is 18.8 Å². The summed E-state index contributed by atoms with van der Waals surface area (Å²) in [4.78, 5) is 6.37. The Balaban J connectivity index is 1.75. The molecule has 0 radical (unpaired) electrons. The van der Waals surface area contributed by atoms with Gasteiger partial charge in [0.15, 0.2) is 4.34 Å². The third-order valence-corrected chi connectivity index (χ3v) is 4.81. The number of nitriles is 1. The van der Waals surface area contributed by atoms with Crippen LogP contribution in [0.5, 0.6) is 0 Å². The number of morpholine rings is 1. The molecule has 3 heterocycles. The van der Waals surface area contributed by atoms with Crippen LogP contribution in [0.2, 0.25) is 0 Å². The van der Waals surface area contributed by atoms with E-state index >= 15 is 0 Å². The molecule has 0 aliphatic carbocycles. The van der Waals surface area contributed by atoms with Crippen LogP contribution in [0.25, 0.3) is 0 Å². The van der Waals surface area contributed by atoms with E-state index in [1.54, 1.807) is 18.3 Å². The summed E-state index contributed by atoms with van der Waals surface area (Å²) in [7, 11) is 0. The molecule has 0 N–H and O–H groups in total. The van der Waals surface area contributed by atoms with Crippen LogP contribution in [0.3, 0.4) is 0 Å². The molecule has 3 rings (SSSR count). The fourth-order valence-corrected chi connectivity index (χ4v) is 3.61. The lowest BCUT2D eigenvalue weighted by Crippen LogP contribution is -2.36. The number of rotatable bonds is 3. The summed E-state index contributed by atoms with van der Waals surface area (Å²) >= 11 is 2.89. The smallest absolute Gasteiger partial charge is 0.209 e. The van der Waals surface area contributed by atoms with Crippen LogP contribution in [0, 0.1) is 11.3 Å². The summed E-state index contributed by atoms with van der Waals surface area (Å²) < 4.78 is 6.11. The van der Waals surface area contributed by atoms with Gasteiger partial charge in [0.25, 0.3) is 0 Å². The summed E-state index contributed by atoms with van der Waals surface area (Å²) in [5.74, 6) is 0. The van der Waals surface area contributed by atoms with Crippen molar-refractivity contribution in [2.24, 2.45) is 0 Å². The molecule has 20 heavy (non-hydrogen) atoms. The molecule has 0 spiro atoms. The van der Waals surface area contributed by atoms with E-state index in [1.807, 2.05) is 0 Å². The molecule has 1 fully saturated rings. The second kappa shape index (κ2) is 6.17. The van der Waals surface area contributed by atoms with Gasteiger partial charge >= 0.3 is 0 Å². The van der Waals surface area contributed by atoms with Crippen LogP contribution in [-0.4, -0.2) is 41.5 Å². The van der Waals surface area contributed by atoms with E-state index in [9.17, 15) is 0 Å². The quantitative estimate of drug-likeness (QED) is 0.855. The molecule has 0 bridgehead atoms. The van der Waals surface area contributed by atoms with Crippen molar-refractivity contribution in [1.29, 1.82) is 5.26 Å². The van der Waals surface area contributed by atoms with Gasteiger partial charge in [0, 0.05) is 19.3 Å². The largest absolute Gasteiger partial charge is 0.378 e. The van der Waals surface area contributed by atoms with Crippen molar-refractivity contribution in [3.8, 4) is 6.07 Å². The standard InChI is InChI=1S/C12H11N5OS2/c13-8-9-2-1-3-14-10(9)19-12-16-15-11(20-12)17-4-6-18-7-5-17/h1-3H,4-7H2. The number of hydrogen-bond donors (Lipinski definition) is 0. The van der Waals surface area contributed by atoms with Gasteiger partial charge in [-0.15, -0.1) is 10.2 Å². The minimum Gasteiger partial charge on any atom is -0.378 e. The maximum Gasteiger partial charge on any atom is 0.209 e. The molecule has 0 amide bonds. The van der Waals surface area contributed by atoms with E-state index in [2.05, 4.69) is 26.2 Å². The minimum atomic E-state index is 0.556. The Kier molecular flexibility index (Phi) is 4.11. The summed E-state index contributed by atoms with van der Waals surface area (Å²) in [6.07, 6.45) is 1.67. The van der Waals surface area contributed by atoms with Gasteiger partial charge in [0.1, 0.15) is 11.1 Å². The first kappa shape index (κ1) is 13.3. The molecule has 6 nitrogen and oxygen atoms in total. The summed E-state index contributed by atoms with van der Waals surface area (Å²) in [6.45, 7) is 3.13. The Hall–Kier alpha value is -1.69. The number of aromatic nitrogens is 3. The second-order valence-electron chi connectivity index (χ2n) is 4.02. The highest BCUT2D eigenvalue weighted by atomic mass is 32.2. The number of nitrogens with zero attached hydrogens (tertiary/aromatic N) is 5. The third kappa shape index (κ3) is 2.90. The predicted octanol–water partition coefficient (Wildman–Crippen LogP) is 1.79. The molecule has 2 aromatic heterocycles. The second-order valence-corrected chi connectivity index (χ2v) is 6.21. The van der Waals surface area contributed by atoms with Gasteiger partial charge in [-0.25, -0.2) is 4.98 Å². The maximum atomic E-state index is 9.05. The van der Waals surface area contributed by atoms with Crippen LogP contribution in [0.4, 0.5) is 5.13 Å². The Bertz CT molecular complexity index is 633. The van der Waals surface area contributed by atoms with Gasteiger partial charge in [-0.2, -0.15) is 5.26 Å². The maximum absolute atomic E-state index is 9.05. The molecule has 0 aromatic carbocycles. The zero-order valence-corrected chi connectivity index (χ0v) is 12.2. The Morgan fingerprint density at radius 2 is 2.20 bits per heavy atom. The van der Waals surface area contributed by atoms with Gasteiger partial charge in [0.2, 0.25) is 5.13 Å². The average molecular weight is 305 g/mol. The molecule has 1 aliphatic heterocycles. The highest BCUT2D eigenvalue weighted by Gasteiger charge is 2.17. The first-order valence-corrected chi connectivity index (χ1v) is 7.69. The van der Waals surface area contributed by atoms with Crippen LogP contribution >= 0.6 is 23.1 Å². The topological polar surface area (TPSA) is 74.9 Å². The Morgan fingerprint density at radius 3 is 3.00 bits per heavy atom. The van der Waals surface area contributed by atoms with Gasteiger partial charge < -0.3 is 9.64 Å². The molecule has 1 saturated heterocycles. The van der Waals surface area contributed by atoms with Crippen LogP contribution in [0.15, 0.2) is 27.7 Å². The molecule has 2 aromatic rings. The number of pyridine rings is 1. The first-order chi connectivity index (χ1) is 9.86. The predicted molar refractivity (Wildman–Crippen MR) is 76.0 cm³/mol. The summed E-state index contributed by atoms with van der Waals surface area (Å²) in [5, 5.41) is 19.0. The van der Waals surface area contributed by atoms with Gasteiger partial charge in [-0.05, 0) is 23.9 Å². The van der Waals surface area contributed by atoms with Crippen molar-refractivity contribution in [3.05, 3.63) is 23.9 Å². The zero-order chi connectivity index (χ0) is 13.8. The zero-order valence-electron chi connectivity index (χ0n) is 10.5. The lowest BCUT2D eigenvalue weighted by molar-refractivity contribution is 0.122. The lowest BCUT2D eigenvalue weighted by Gasteiger charge is -2.25. The van der Waals surface area contributed by atoms with E-state index in [0.29, 0.717) is 10.6 Å². The molecular formula is C12H11N5OS2. The molecule has 1 aliphatic rings. The van der Waals surface area contributed by atoms with Crippen molar-refractivity contribution < 1.29 is 4.74 Å². The third-order valence-electron chi connectivity index (χ3n) is 2.75. The monoisotopic (exact) mass is 305 g/mol. The van der Waals surface area contributed by atoms with E-state index in [1.165, 1.54) is 23.1 Å². The van der Waals surface area contributed by atoms with Gasteiger partial charge in [-0.3, -0.25) is 0 Å². The Labute approximate surface area is 124 Å². The minimum absolute atomic E-state index is 0.556. The van der Waals surface area contributed by atoms with Crippen LogP contribution in [0.1, 0.15) is 5.56 Å². The van der Waals surface area contributed by atoms with Gasteiger partial charge in [-0.1, -0.05) is 11.3 Å². The van der Waals surface area contributed by atoms with Crippen molar-refractivity contribution in [2.75, 3.05) is 31.2 Å². The van der Waals surface area contributed by atoms with Crippen LogP contribution in [-0.2, 0) is 4.74 Å². The van der Waals surface area contributed by atoms with E-state index in [4.69, 9.17) is 10.00 Å². The Morgan fingerprint density at radius 1 is 1.35 bits per heavy atom. The summed E-state index contributed by atoms with van der Waals surface area (Å²) in [6, 6.07) is 5.63. The number of anilines is 1. The fourth-order valence-electron chi connectivity index (χ4n) is 1.77. The normalized spacial score (nSPS) is 15.1. The molecular weight excluding hydrogens is 294 g/mol. The van der Waals surface area contributed by atoms with Crippen molar-refractivity contribution in [1.82, 2.24) is 15.2 Å². The van der Waals surface area contributed by atoms with Crippen LogP contribution < -0.4 is 4.90 Å². The molecule has 0 saturated carbocycles. The summed E-state index contributed by atoms with van der Waals surface area (Å²) in [5.41, 5.74) is 0.556. The molecule has 0 atom stereocenters. The fraction of sp³-hybridized carbons (Fsp3) is 0.333. The highest BCUT2D eigenvalue weighted by Crippen LogP contribution is 2.33. The molecule has 8 heteroatoms. The number of ether oxygens (including phenoxy) is 1. The molecule has 102 valence electrons. The lowest BCUT2D eigenvalue weighted by atomic mass is 10.3. The first-order valence-electron chi connectivity index (χ1n) is 6.06. The van der Waals surface area contributed by atoms with Crippen molar-refractivity contribution in [2.45, 2.75) is 9.37 Å². The van der Waals surface area contributed by atoms with E-state index in [-0.39, 0.29) is 0 Å². The average Bonchev–Trinajstić information content (AvgIpc) is 2.97. The van der Waals surface area contributed by atoms with E-state index < -0.39 is 0 Å². The molecule has 0 unspecified atom stereocenters. The van der Waals surface area contributed by atoms with Crippen molar-refractivity contribution >= 4 is 28.2 Å². The number of hydrogen-bond acceptors (Lipinski definition) is 8.